The predicted octanol–water partition coefficient (Wildman–Crippen LogP) is 2.65. The number of aliphatic imine (C=N–C) groups is 1. The molecule has 12 heteroatoms. The molecule has 220 valence electrons. The quantitative estimate of drug-likeness (QED) is 0.429. The average Bonchev–Trinajstić information content (AvgIpc) is 3.57. The Labute approximate surface area is 251 Å². The highest BCUT2D eigenvalue weighted by Gasteiger charge is 2.47. The zero-order chi connectivity index (χ0) is 29.3. The molecule has 4 aliphatic rings. The smallest absolute Gasteiger partial charge is 0.244 e. The molecule has 2 aromatic rings. The van der Waals surface area contributed by atoms with E-state index in [9.17, 15) is 10.1 Å². The molecule has 11 nitrogen and oxygen atoms in total. The number of rotatable bonds is 9. The summed E-state index contributed by atoms with van der Waals surface area (Å²) in [5.41, 5.74) is 6.21. The molecule has 1 aromatic heterocycles. The molecule has 0 aliphatic carbocycles. The number of anilines is 1. The zero-order valence-corrected chi connectivity index (χ0v) is 25.2. The molecule has 6 rings (SSSR count). The van der Waals surface area contributed by atoms with Gasteiger partial charge < -0.3 is 20.0 Å². The van der Waals surface area contributed by atoms with E-state index in [1.807, 2.05) is 40.1 Å². The van der Waals surface area contributed by atoms with E-state index >= 15 is 0 Å². The number of benzene rings is 1. The molecule has 0 radical (unpaired) electrons. The van der Waals surface area contributed by atoms with Gasteiger partial charge in [-0.25, -0.2) is 4.99 Å². The van der Waals surface area contributed by atoms with Crippen LogP contribution in [0.1, 0.15) is 25.8 Å². The number of nitriles is 1. The van der Waals surface area contributed by atoms with Crippen LogP contribution in [0.2, 0.25) is 0 Å². The van der Waals surface area contributed by atoms with Crippen LogP contribution in [0.3, 0.4) is 0 Å². The number of allylic oxidation sites excluding steroid dienone is 2. The van der Waals surface area contributed by atoms with Crippen LogP contribution in [-0.4, -0.2) is 99.1 Å². The fraction of sp³-hybridized carbons (Fsp3) is 0.467. The summed E-state index contributed by atoms with van der Waals surface area (Å²) in [5.74, 6) is 0.920. The molecular weight excluding hydrogens is 548 g/mol. The van der Waals surface area contributed by atoms with Gasteiger partial charge in [-0.2, -0.15) is 15.8 Å². The van der Waals surface area contributed by atoms with Gasteiger partial charge in [0.25, 0.3) is 0 Å². The number of carbonyl (C=O) groups excluding carboxylic acids is 1. The first-order chi connectivity index (χ1) is 20.3. The van der Waals surface area contributed by atoms with Crippen molar-refractivity contribution in [2.75, 3.05) is 51.6 Å². The summed E-state index contributed by atoms with van der Waals surface area (Å²) in [4.78, 5) is 25.3. The minimum absolute atomic E-state index is 0.0847. The molecule has 2 fully saturated rings. The van der Waals surface area contributed by atoms with Crippen LogP contribution < -0.4 is 10.7 Å². The number of likely N-dealkylation sites (N-methyl/N-ethyl adjacent to an activating group) is 1. The number of likely N-dealkylation sites (tertiary alicyclic amines) is 1. The maximum Gasteiger partial charge on any atom is 0.244 e. The number of amides is 1. The Balaban J connectivity index is 1.08. The van der Waals surface area contributed by atoms with Crippen LogP contribution in [0.5, 0.6) is 0 Å². The molecule has 4 aliphatic heterocycles. The van der Waals surface area contributed by atoms with Crippen molar-refractivity contribution < 1.29 is 4.79 Å². The van der Waals surface area contributed by atoms with E-state index in [4.69, 9.17) is 4.99 Å². The number of aromatic nitrogens is 2. The third-order valence-electron chi connectivity index (χ3n) is 8.13. The standard InChI is InChI=1S/C30H38N10OS/c1-22(2)42-25-8-6-23(7-9-25)30(10-11-31)20-38(21-30)26-5-4-12-40-28(26)34-29(35-40)33-24-17-32-39(18-24)19-27(41)37-15-13-36(3)14-16-37/h4-9,12,17-18,22,29,33,35H,10,13-16,19-21H2,1-3H3. The molecule has 5 heterocycles. The number of nitrogens with zero attached hydrogens (tertiary/aromatic N) is 8. The molecule has 2 N–H and O–H groups in total. The van der Waals surface area contributed by atoms with Gasteiger partial charge >= 0.3 is 0 Å². The lowest BCUT2D eigenvalue weighted by molar-refractivity contribution is -0.133. The van der Waals surface area contributed by atoms with Crippen LogP contribution in [0, 0.1) is 11.3 Å². The van der Waals surface area contributed by atoms with Crippen LogP contribution in [-0.2, 0) is 16.8 Å². The summed E-state index contributed by atoms with van der Waals surface area (Å²) in [7, 11) is 2.08. The van der Waals surface area contributed by atoms with Gasteiger partial charge in [0.05, 0.1) is 23.7 Å². The first-order valence-corrected chi connectivity index (χ1v) is 15.4. The number of hydrogen-bond acceptors (Lipinski definition) is 10. The fourth-order valence-electron chi connectivity index (χ4n) is 5.85. The van der Waals surface area contributed by atoms with E-state index in [0.29, 0.717) is 11.7 Å². The lowest BCUT2D eigenvalue weighted by atomic mass is 9.71. The van der Waals surface area contributed by atoms with Crippen LogP contribution in [0.15, 0.2) is 70.6 Å². The highest BCUT2D eigenvalue weighted by Crippen LogP contribution is 2.41. The van der Waals surface area contributed by atoms with E-state index in [0.717, 1.165) is 56.5 Å². The normalized spacial score (nSPS) is 21.5. The van der Waals surface area contributed by atoms with Crippen molar-refractivity contribution >= 4 is 29.2 Å². The van der Waals surface area contributed by atoms with Crippen molar-refractivity contribution in [3.63, 3.8) is 0 Å². The van der Waals surface area contributed by atoms with Gasteiger partial charge in [0.1, 0.15) is 6.54 Å². The topological polar surface area (TPSA) is 108 Å². The van der Waals surface area contributed by atoms with Crippen molar-refractivity contribution in [3.05, 3.63) is 66.3 Å². The Bertz CT molecular complexity index is 1420. The zero-order valence-electron chi connectivity index (χ0n) is 24.4. The average molecular weight is 587 g/mol. The Kier molecular flexibility index (Phi) is 7.98. The number of fused-ring (bicyclic) bond motifs is 1. The largest absolute Gasteiger partial charge is 0.367 e. The second-order valence-corrected chi connectivity index (χ2v) is 13.3. The monoisotopic (exact) mass is 586 g/mol. The van der Waals surface area contributed by atoms with Gasteiger partial charge in [-0.05, 0) is 36.9 Å². The van der Waals surface area contributed by atoms with E-state index in [-0.39, 0.29) is 24.2 Å². The van der Waals surface area contributed by atoms with Gasteiger partial charge in [0, 0.05) is 73.6 Å². The number of amidine groups is 1. The highest BCUT2D eigenvalue weighted by atomic mass is 32.2. The summed E-state index contributed by atoms with van der Waals surface area (Å²) < 4.78 is 1.67. The molecule has 2 saturated heterocycles. The number of nitrogens with one attached hydrogen (secondary N) is 2. The summed E-state index contributed by atoms with van der Waals surface area (Å²) >= 11 is 1.85. The van der Waals surface area contributed by atoms with Gasteiger partial charge in [-0.3, -0.25) is 14.5 Å². The van der Waals surface area contributed by atoms with E-state index in [1.165, 1.54) is 10.5 Å². The minimum atomic E-state index is -0.381. The second kappa shape index (κ2) is 11.8. The lowest BCUT2D eigenvalue weighted by Crippen LogP contribution is -2.60. The Morgan fingerprint density at radius 2 is 1.98 bits per heavy atom. The molecule has 0 spiro atoms. The number of piperazine rings is 1. The Hall–Kier alpha value is -3.79. The molecule has 0 bridgehead atoms. The number of hydrogen-bond donors (Lipinski definition) is 2. The van der Waals surface area contributed by atoms with Crippen molar-refractivity contribution in [1.82, 2.24) is 34.9 Å². The highest BCUT2D eigenvalue weighted by molar-refractivity contribution is 7.99. The first kappa shape index (κ1) is 28.3. The molecule has 1 aromatic carbocycles. The summed E-state index contributed by atoms with van der Waals surface area (Å²) in [6.45, 7) is 9.43. The van der Waals surface area contributed by atoms with E-state index in [2.05, 4.69) is 82.9 Å². The van der Waals surface area contributed by atoms with Crippen LogP contribution >= 0.6 is 11.8 Å². The number of hydrazine groups is 1. The number of carbonyl (C=O) groups is 1. The predicted molar refractivity (Wildman–Crippen MR) is 164 cm³/mol. The Morgan fingerprint density at radius 3 is 2.69 bits per heavy atom. The maximum absolute atomic E-state index is 12.7. The van der Waals surface area contributed by atoms with E-state index in [1.54, 1.807) is 10.9 Å². The third kappa shape index (κ3) is 5.90. The van der Waals surface area contributed by atoms with Gasteiger partial charge in [-0.1, -0.05) is 26.0 Å². The van der Waals surface area contributed by atoms with Crippen molar-refractivity contribution in [3.8, 4) is 6.07 Å². The first-order valence-electron chi connectivity index (χ1n) is 14.5. The Morgan fingerprint density at radius 1 is 1.21 bits per heavy atom. The van der Waals surface area contributed by atoms with Gasteiger partial charge in [0.15, 0.2) is 12.1 Å². The summed E-state index contributed by atoms with van der Waals surface area (Å²) in [6, 6.07) is 11.2. The summed E-state index contributed by atoms with van der Waals surface area (Å²) in [6.07, 6.45) is 9.70. The molecular formula is C30H38N10OS. The summed E-state index contributed by atoms with van der Waals surface area (Å²) in [5, 5.41) is 19.9. The van der Waals surface area contributed by atoms with Gasteiger partial charge in [-0.15, -0.1) is 11.8 Å². The molecule has 42 heavy (non-hydrogen) atoms. The van der Waals surface area contributed by atoms with E-state index < -0.39 is 0 Å². The molecule has 1 unspecified atom stereocenters. The maximum atomic E-state index is 12.7. The SMILES string of the molecule is CC(C)Sc1ccc(C2(CC#N)CN(C3=CC=CN4NC(Nc5cnn(CC(=O)N6CCN(C)CC6)c5)N=C34)C2)cc1. The van der Waals surface area contributed by atoms with Gasteiger partial charge in [0.2, 0.25) is 5.91 Å². The fourth-order valence-corrected chi connectivity index (χ4v) is 6.69. The van der Waals surface area contributed by atoms with Crippen molar-refractivity contribution in [2.45, 2.75) is 48.7 Å². The molecule has 0 saturated carbocycles. The lowest BCUT2D eigenvalue weighted by Gasteiger charge is -2.52. The van der Waals surface area contributed by atoms with Crippen LogP contribution in [0.4, 0.5) is 5.69 Å². The molecule has 1 atom stereocenters. The third-order valence-corrected chi connectivity index (χ3v) is 9.15. The minimum Gasteiger partial charge on any atom is -0.367 e. The van der Waals surface area contributed by atoms with Crippen molar-refractivity contribution in [1.29, 1.82) is 5.26 Å². The second-order valence-electron chi connectivity index (χ2n) is 11.7. The van der Waals surface area contributed by atoms with Crippen molar-refractivity contribution in [2.24, 2.45) is 4.99 Å². The number of thioether (sulfide) groups is 1. The molecule has 1 amide bonds. The van der Waals surface area contributed by atoms with Crippen LogP contribution in [0.25, 0.3) is 0 Å².